The Kier molecular flexibility index (Phi) is 7.69. The third-order valence-corrected chi connectivity index (χ3v) is 6.08. The first-order valence-corrected chi connectivity index (χ1v) is 11.7. The Balaban J connectivity index is 1.63. The standard InChI is InChI=1S/C28H31N3O3/c1-19-23(21-9-4-3-5-10-21)11-8-12-24(19)28-31-25-17-22(18-30-14-15-32)26(20(2)27(25)34-28)33-16-7-6-13-29/h3-5,8-12,17,28,30-32H,6-7,14-16,18H2,1-2H3. The molecule has 0 spiro atoms. The highest BCUT2D eigenvalue weighted by atomic mass is 16.5. The summed E-state index contributed by atoms with van der Waals surface area (Å²) in [5.74, 6) is 1.56. The second-order valence-electron chi connectivity index (χ2n) is 8.41. The molecular formula is C28H31N3O3. The summed E-state index contributed by atoms with van der Waals surface area (Å²) in [5, 5.41) is 24.8. The summed E-state index contributed by atoms with van der Waals surface area (Å²) in [6.45, 7) is 5.75. The van der Waals surface area contributed by atoms with Gasteiger partial charge in [0.1, 0.15) is 5.75 Å². The highest BCUT2D eigenvalue weighted by molar-refractivity contribution is 5.72. The molecule has 0 aromatic heterocycles. The lowest BCUT2D eigenvalue weighted by atomic mass is 9.96. The van der Waals surface area contributed by atoms with Crippen molar-refractivity contribution in [2.45, 2.75) is 39.5 Å². The lowest BCUT2D eigenvalue weighted by molar-refractivity contribution is 0.253. The fourth-order valence-electron chi connectivity index (χ4n) is 4.37. The number of hydrogen-bond donors (Lipinski definition) is 3. The number of ether oxygens (including phenoxy) is 2. The van der Waals surface area contributed by atoms with Crippen molar-refractivity contribution in [3.8, 4) is 28.7 Å². The van der Waals surface area contributed by atoms with Gasteiger partial charge < -0.3 is 25.2 Å². The van der Waals surface area contributed by atoms with Gasteiger partial charge >= 0.3 is 0 Å². The summed E-state index contributed by atoms with van der Waals surface area (Å²) in [6.07, 6.45) is 0.827. The number of hydrogen-bond acceptors (Lipinski definition) is 6. The van der Waals surface area contributed by atoms with E-state index in [0.717, 1.165) is 33.9 Å². The average Bonchev–Trinajstić information content (AvgIpc) is 3.28. The second-order valence-corrected chi connectivity index (χ2v) is 8.41. The van der Waals surface area contributed by atoms with E-state index in [1.807, 2.05) is 13.0 Å². The lowest BCUT2D eigenvalue weighted by Gasteiger charge is -2.18. The summed E-state index contributed by atoms with van der Waals surface area (Å²) < 4.78 is 12.5. The van der Waals surface area contributed by atoms with Gasteiger partial charge in [0, 0.05) is 36.2 Å². The van der Waals surface area contributed by atoms with Crippen LogP contribution in [0.15, 0.2) is 54.6 Å². The van der Waals surface area contributed by atoms with Gasteiger partial charge in [-0.15, -0.1) is 0 Å². The van der Waals surface area contributed by atoms with Crippen LogP contribution in [0.3, 0.4) is 0 Å². The van der Waals surface area contributed by atoms with Gasteiger partial charge in [0.05, 0.1) is 25.0 Å². The SMILES string of the molecule is Cc1c(-c2ccccc2)cccc1C1Nc2cc(CNCCO)c(OCCCC#N)c(C)c2O1. The van der Waals surface area contributed by atoms with Crippen molar-refractivity contribution in [1.29, 1.82) is 5.26 Å². The Labute approximate surface area is 201 Å². The molecule has 1 aliphatic rings. The molecule has 0 radical (unpaired) electrons. The molecule has 1 unspecified atom stereocenters. The zero-order valence-electron chi connectivity index (χ0n) is 19.7. The van der Waals surface area contributed by atoms with Crippen LogP contribution in [0.4, 0.5) is 5.69 Å². The van der Waals surface area contributed by atoms with E-state index in [1.54, 1.807) is 0 Å². The van der Waals surface area contributed by atoms with Gasteiger partial charge in [-0.25, -0.2) is 0 Å². The highest BCUT2D eigenvalue weighted by Gasteiger charge is 2.29. The summed E-state index contributed by atoms with van der Waals surface area (Å²) in [7, 11) is 0. The Morgan fingerprint density at radius 1 is 1.12 bits per heavy atom. The van der Waals surface area contributed by atoms with Crippen LogP contribution in [0.25, 0.3) is 11.1 Å². The number of aliphatic hydroxyl groups excluding tert-OH is 1. The molecule has 0 fully saturated rings. The van der Waals surface area contributed by atoms with Gasteiger partial charge in [-0.3, -0.25) is 0 Å². The maximum atomic E-state index is 9.16. The van der Waals surface area contributed by atoms with E-state index in [-0.39, 0.29) is 12.8 Å². The molecule has 3 aromatic rings. The van der Waals surface area contributed by atoms with Crippen molar-refractivity contribution < 1.29 is 14.6 Å². The van der Waals surface area contributed by atoms with Crippen molar-refractivity contribution in [3.63, 3.8) is 0 Å². The minimum atomic E-state index is -0.301. The molecule has 1 aliphatic heterocycles. The van der Waals surface area contributed by atoms with Crippen LogP contribution in [-0.2, 0) is 6.54 Å². The van der Waals surface area contributed by atoms with Crippen LogP contribution in [-0.4, -0.2) is 24.9 Å². The molecule has 0 aliphatic carbocycles. The summed E-state index contributed by atoms with van der Waals surface area (Å²) >= 11 is 0. The number of aliphatic hydroxyl groups is 1. The summed E-state index contributed by atoms with van der Waals surface area (Å²) in [6, 6.07) is 20.9. The largest absolute Gasteiger partial charge is 0.493 e. The molecule has 0 saturated heterocycles. The van der Waals surface area contributed by atoms with Crippen molar-refractivity contribution in [3.05, 3.63) is 76.9 Å². The highest BCUT2D eigenvalue weighted by Crippen LogP contribution is 2.46. The van der Waals surface area contributed by atoms with Crippen LogP contribution in [0.1, 0.15) is 41.3 Å². The van der Waals surface area contributed by atoms with E-state index < -0.39 is 0 Å². The van der Waals surface area contributed by atoms with E-state index >= 15 is 0 Å². The van der Waals surface area contributed by atoms with E-state index in [0.29, 0.717) is 32.5 Å². The summed E-state index contributed by atoms with van der Waals surface area (Å²) in [5.41, 5.74) is 7.49. The number of nitrogens with zero attached hydrogens (tertiary/aromatic N) is 1. The second kappa shape index (κ2) is 11.1. The number of unbranched alkanes of at least 4 members (excludes halogenated alkanes) is 1. The number of rotatable bonds is 10. The Bertz CT molecular complexity index is 1170. The number of anilines is 1. The molecule has 176 valence electrons. The Hall–Kier alpha value is -3.53. The molecule has 3 aromatic carbocycles. The maximum absolute atomic E-state index is 9.16. The van der Waals surface area contributed by atoms with Crippen LogP contribution in [0, 0.1) is 25.2 Å². The molecule has 6 heteroatoms. The lowest BCUT2D eigenvalue weighted by Crippen LogP contribution is -2.18. The maximum Gasteiger partial charge on any atom is 0.196 e. The minimum absolute atomic E-state index is 0.0722. The molecule has 1 heterocycles. The normalized spacial score (nSPS) is 14.1. The smallest absolute Gasteiger partial charge is 0.196 e. The average molecular weight is 458 g/mol. The predicted molar refractivity (Wildman–Crippen MR) is 134 cm³/mol. The fraction of sp³-hybridized carbons (Fsp3) is 0.321. The molecule has 4 rings (SSSR count). The van der Waals surface area contributed by atoms with Crippen molar-refractivity contribution in [1.82, 2.24) is 5.32 Å². The van der Waals surface area contributed by atoms with Gasteiger partial charge in [-0.05, 0) is 43.0 Å². The van der Waals surface area contributed by atoms with Crippen LogP contribution >= 0.6 is 0 Å². The fourth-order valence-corrected chi connectivity index (χ4v) is 4.37. The van der Waals surface area contributed by atoms with Crippen molar-refractivity contribution in [2.75, 3.05) is 25.1 Å². The number of benzene rings is 3. The zero-order valence-corrected chi connectivity index (χ0v) is 19.7. The molecule has 1 atom stereocenters. The number of nitrogens with one attached hydrogen (secondary N) is 2. The third kappa shape index (κ3) is 5.01. The van der Waals surface area contributed by atoms with Gasteiger partial charge in [0.15, 0.2) is 12.0 Å². The van der Waals surface area contributed by atoms with Crippen molar-refractivity contribution in [2.24, 2.45) is 0 Å². The van der Waals surface area contributed by atoms with Crippen LogP contribution in [0.2, 0.25) is 0 Å². The molecule has 3 N–H and O–H groups in total. The molecule has 0 amide bonds. The van der Waals surface area contributed by atoms with Crippen molar-refractivity contribution >= 4 is 5.69 Å². The number of fused-ring (bicyclic) bond motifs is 1. The monoisotopic (exact) mass is 457 g/mol. The van der Waals surface area contributed by atoms with Gasteiger partial charge in [0.2, 0.25) is 0 Å². The van der Waals surface area contributed by atoms with E-state index in [9.17, 15) is 0 Å². The molecule has 34 heavy (non-hydrogen) atoms. The van der Waals surface area contributed by atoms with E-state index in [1.165, 1.54) is 16.7 Å². The molecular weight excluding hydrogens is 426 g/mol. The van der Waals surface area contributed by atoms with Gasteiger partial charge in [-0.1, -0.05) is 48.5 Å². The van der Waals surface area contributed by atoms with Gasteiger partial charge in [-0.2, -0.15) is 5.26 Å². The third-order valence-electron chi connectivity index (χ3n) is 6.08. The Morgan fingerprint density at radius 3 is 2.71 bits per heavy atom. The quantitative estimate of drug-likeness (QED) is 0.361. The van der Waals surface area contributed by atoms with Gasteiger partial charge in [0.25, 0.3) is 0 Å². The topological polar surface area (TPSA) is 86.5 Å². The predicted octanol–water partition coefficient (Wildman–Crippen LogP) is 5.24. The first-order chi connectivity index (χ1) is 16.6. The van der Waals surface area contributed by atoms with Crippen LogP contribution in [0.5, 0.6) is 11.5 Å². The zero-order chi connectivity index (χ0) is 23.9. The molecule has 6 nitrogen and oxygen atoms in total. The Morgan fingerprint density at radius 2 is 1.94 bits per heavy atom. The molecule has 0 saturated carbocycles. The summed E-state index contributed by atoms with van der Waals surface area (Å²) in [4.78, 5) is 0. The van der Waals surface area contributed by atoms with Crippen LogP contribution < -0.4 is 20.1 Å². The van der Waals surface area contributed by atoms with E-state index in [2.05, 4.69) is 72.2 Å². The molecule has 0 bridgehead atoms. The van der Waals surface area contributed by atoms with E-state index in [4.69, 9.17) is 19.8 Å². The number of nitriles is 1. The minimum Gasteiger partial charge on any atom is -0.493 e. The first kappa shape index (κ1) is 23.6. The first-order valence-electron chi connectivity index (χ1n) is 11.7.